The second kappa shape index (κ2) is 7.58. The first-order valence-electron chi connectivity index (χ1n) is 5.86. The average molecular weight is 238 g/mol. The van der Waals surface area contributed by atoms with Gasteiger partial charge in [0.25, 0.3) is 0 Å². The molecule has 0 saturated heterocycles. The minimum atomic E-state index is 1.08. The molecule has 1 rings (SSSR count). The molecule has 0 fully saturated rings. The van der Waals surface area contributed by atoms with Crippen molar-refractivity contribution in [3.63, 3.8) is 0 Å². The molecule has 0 amide bonds. The quantitative estimate of drug-likeness (QED) is 0.581. The van der Waals surface area contributed by atoms with Gasteiger partial charge in [-0.05, 0) is 50.0 Å². The first-order valence-corrected chi connectivity index (χ1v) is 6.85. The average Bonchev–Trinajstić information content (AvgIpc) is 2.30. The minimum Gasteiger partial charge on any atom is -0.375 e. The number of nitrogens with zero attached hydrogens (tertiary/aromatic N) is 1. The van der Waals surface area contributed by atoms with E-state index in [4.69, 9.17) is 0 Å². The Bertz CT molecular complexity index is 284. The lowest BCUT2D eigenvalue weighted by Gasteiger charge is -2.19. The highest BCUT2D eigenvalue weighted by Crippen LogP contribution is 2.21. The molecule has 0 heterocycles. The SMILES string of the molecule is CCSc1ccc(N(C)CCCNC)cc1. The number of rotatable bonds is 7. The number of thioether (sulfide) groups is 1. The van der Waals surface area contributed by atoms with E-state index in [0.717, 1.165) is 18.8 Å². The van der Waals surface area contributed by atoms with E-state index in [9.17, 15) is 0 Å². The van der Waals surface area contributed by atoms with Crippen molar-refractivity contribution >= 4 is 17.4 Å². The van der Waals surface area contributed by atoms with Gasteiger partial charge in [-0.3, -0.25) is 0 Å². The Hall–Kier alpha value is -0.670. The summed E-state index contributed by atoms with van der Waals surface area (Å²) in [6, 6.07) is 8.82. The molecule has 0 spiro atoms. The maximum Gasteiger partial charge on any atom is 0.0364 e. The predicted molar refractivity (Wildman–Crippen MR) is 74.7 cm³/mol. The second-order valence-corrected chi connectivity index (χ2v) is 5.14. The fourth-order valence-corrected chi connectivity index (χ4v) is 2.25. The van der Waals surface area contributed by atoms with Gasteiger partial charge < -0.3 is 10.2 Å². The summed E-state index contributed by atoms with van der Waals surface area (Å²) in [5.41, 5.74) is 1.30. The molecule has 90 valence electrons. The summed E-state index contributed by atoms with van der Waals surface area (Å²) in [6.07, 6.45) is 1.18. The van der Waals surface area contributed by atoms with E-state index in [2.05, 4.69) is 48.5 Å². The lowest BCUT2D eigenvalue weighted by molar-refractivity contribution is 0.713. The van der Waals surface area contributed by atoms with Gasteiger partial charge in [-0.2, -0.15) is 0 Å². The third-order valence-corrected chi connectivity index (χ3v) is 3.40. The fraction of sp³-hybridized carbons (Fsp3) is 0.538. The topological polar surface area (TPSA) is 15.3 Å². The van der Waals surface area contributed by atoms with Crippen molar-refractivity contribution in [2.45, 2.75) is 18.2 Å². The van der Waals surface area contributed by atoms with Crippen LogP contribution >= 0.6 is 11.8 Å². The first-order chi connectivity index (χ1) is 7.77. The normalized spacial score (nSPS) is 10.4. The molecule has 16 heavy (non-hydrogen) atoms. The number of nitrogens with one attached hydrogen (secondary N) is 1. The molecule has 1 aromatic rings. The first kappa shape index (κ1) is 13.4. The van der Waals surface area contributed by atoms with E-state index in [1.807, 2.05) is 18.8 Å². The van der Waals surface area contributed by atoms with Crippen LogP contribution in [0.2, 0.25) is 0 Å². The minimum absolute atomic E-state index is 1.08. The molecular formula is C13H22N2S. The highest BCUT2D eigenvalue weighted by atomic mass is 32.2. The van der Waals surface area contributed by atoms with Gasteiger partial charge in [-0.15, -0.1) is 11.8 Å². The molecule has 1 N–H and O–H groups in total. The van der Waals surface area contributed by atoms with Gasteiger partial charge in [0.2, 0.25) is 0 Å². The molecule has 2 nitrogen and oxygen atoms in total. The van der Waals surface area contributed by atoms with E-state index in [1.165, 1.54) is 17.0 Å². The van der Waals surface area contributed by atoms with Crippen molar-refractivity contribution < 1.29 is 0 Å². The van der Waals surface area contributed by atoms with Crippen molar-refractivity contribution in [1.29, 1.82) is 0 Å². The van der Waals surface area contributed by atoms with Crippen molar-refractivity contribution in [2.24, 2.45) is 0 Å². The maximum absolute atomic E-state index is 3.17. The summed E-state index contributed by atoms with van der Waals surface area (Å²) in [5, 5.41) is 3.17. The standard InChI is InChI=1S/C13H22N2S/c1-4-16-13-8-6-12(7-9-13)15(3)11-5-10-14-2/h6-9,14H,4-5,10-11H2,1-3H3. The van der Waals surface area contributed by atoms with Gasteiger partial charge in [0.05, 0.1) is 0 Å². The highest BCUT2D eigenvalue weighted by Gasteiger charge is 2.00. The van der Waals surface area contributed by atoms with Crippen LogP contribution in [0.5, 0.6) is 0 Å². The van der Waals surface area contributed by atoms with Crippen molar-refractivity contribution in [3.8, 4) is 0 Å². The van der Waals surface area contributed by atoms with E-state index in [0.29, 0.717) is 0 Å². The van der Waals surface area contributed by atoms with Gasteiger partial charge in [0.1, 0.15) is 0 Å². The zero-order valence-electron chi connectivity index (χ0n) is 10.5. The van der Waals surface area contributed by atoms with Crippen LogP contribution < -0.4 is 10.2 Å². The molecule has 0 unspecified atom stereocenters. The lowest BCUT2D eigenvalue weighted by Crippen LogP contribution is -2.22. The predicted octanol–water partition coefficient (Wildman–Crippen LogP) is 2.84. The number of hydrogen-bond donors (Lipinski definition) is 1. The summed E-state index contributed by atoms with van der Waals surface area (Å²) in [4.78, 5) is 3.66. The van der Waals surface area contributed by atoms with Crippen LogP contribution in [0.3, 0.4) is 0 Å². The van der Waals surface area contributed by atoms with Crippen molar-refractivity contribution in [1.82, 2.24) is 5.32 Å². The molecule has 0 radical (unpaired) electrons. The molecule has 0 aromatic heterocycles. The highest BCUT2D eigenvalue weighted by molar-refractivity contribution is 7.99. The van der Waals surface area contributed by atoms with Gasteiger partial charge in [-0.1, -0.05) is 6.92 Å². The molecule has 1 aromatic carbocycles. The molecule has 0 aliphatic rings. The van der Waals surface area contributed by atoms with Gasteiger partial charge in [0, 0.05) is 24.2 Å². The van der Waals surface area contributed by atoms with E-state index >= 15 is 0 Å². The third kappa shape index (κ3) is 4.45. The molecule has 0 aliphatic carbocycles. The van der Waals surface area contributed by atoms with Crippen LogP contribution in [0.1, 0.15) is 13.3 Å². The Balaban J connectivity index is 2.46. The molecule has 3 heteroatoms. The van der Waals surface area contributed by atoms with Gasteiger partial charge >= 0.3 is 0 Å². The summed E-state index contributed by atoms with van der Waals surface area (Å²) in [7, 11) is 4.15. The Morgan fingerprint density at radius 2 is 1.94 bits per heavy atom. The second-order valence-electron chi connectivity index (χ2n) is 3.81. The van der Waals surface area contributed by atoms with Crippen LogP contribution in [0.4, 0.5) is 5.69 Å². The Morgan fingerprint density at radius 1 is 1.25 bits per heavy atom. The number of benzene rings is 1. The monoisotopic (exact) mass is 238 g/mol. The maximum atomic E-state index is 3.17. The fourth-order valence-electron chi connectivity index (χ4n) is 1.59. The summed E-state index contributed by atoms with van der Waals surface area (Å²) < 4.78 is 0. The van der Waals surface area contributed by atoms with Crippen LogP contribution in [0.15, 0.2) is 29.2 Å². The molecule has 0 bridgehead atoms. The van der Waals surface area contributed by atoms with E-state index in [-0.39, 0.29) is 0 Å². The summed E-state index contributed by atoms with van der Waals surface area (Å²) >= 11 is 1.89. The molecule has 0 aliphatic heterocycles. The molecular weight excluding hydrogens is 216 g/mol. The summed E-state index contributed by atoms with van der Waals surface area (Å²) in [6.45, 7) is 4.36. The zero-order valence-corrected chi connectivity index (χ0v) is 11.3. The van der Waals surface area contributed by atoms with Crippen molar-refractivity contribution in [3.05, 3.63) is 24.3 Å². The molecule has 0 saturated carbocycles. The smallest absolute Gasteiger partial charge is 0.0364 e. The van der Waals surface area contributed by atoms with Crippen LogP contribution in [0, 0.1) is 0 Å². The van der Waals surface area contributed by atoms with E-state index < -0.39 is 0 Å². The van der Waals surface area contributed by atoms with Crippen molar-refractivity contribution in [2.75, 3.05) is 37.8 Å². The van der Waals surface area contributed by atoms with Gasteiger partial charge in [0.15, 0.2) is 0 Å². The number of hydrogen-bond acceptors (Lipinski definition) is 3. The largest absolute Gasteiger partial charge is 0.375 e. The Morgan fingerprint density at radius 3 is 2.50 bits per heavy atom. The number of anilines is 1. The van der Waals surface area contributed by atoms with Gasteiger partial charge in [-0.25, -0.2) is 0 Å². The zero-order chi connectivity index (χ0) is 11.8. The van der Waals surface area contributed by atoms with Crippen LogP contribution in [-0.2, 0) is 0 Å². The lowest BCUT2D eigenvalue weighted by atomic mass is 10.3. The van der Waals surface area contributed by atoms with Crippen LogP contribution in [-0.4, -0.2) is 32.9 Å². The third-order valence-electron chi connectivity index (χ3n) is 2.51. The molecule has 0 atom stereocenters. The van der Waals surface area contributed by atoms with Crippen LogP contribution in [0.25, 0.3) is 0 Å². The summed E-state index contributed by atoms with van der Waals surface area (Å²) in [5.74, 6) is 1.14. The Kier molecular flexibility index (Phi) is 6.34. The Labute approximate surface area is 103 Å². The van der Waals surface area contributed by atoms with E-state index in [1.54, 1.807) is 0 Å².